The molecule has 0 spiro atoms. The van der Waals surface area contributed by atoms with Crippen molar-refractivity contribution < 1.29 is 0 Å². The van der Waals surface area contributed by atoms with E-state index in [1.54, 1.807) is 0 Å². The van der Waals surface area contributed by atoms with Gasteiger partial charge >= 0.3 is 0 Å². The molecule has 0 aromatic rings. The molecule has 0 saturated heterocycles. The van der Waals surface area contributed by atoms with Crippen LogP contribution in [0.3, 0.4) is 0 Å². The summed E-state index contributed by atoms with van der Waals surface area (Å²) >= 11 is 0. The molecule has 0 aromatic carbocycles. The molecular weight excluding hydrogens is 312 g/mol. The van der Waals surface area contributed by atoms with Crippen LogP contribution >= 0.6 is 0 Å². The molecule has 0 heteroatoms. The van der Waals surface area contributed by atoms with Crippen LogP contribution in [-0.4, -0.2) is 0 Å². The van der Waals surface area contributed by atoms with E-state index in [2.05, 4.69) is 83.1 Å². The van der Waals surface area contributed by atoms with Crippen LogP contribution in [0.25, 0.3) is 0 Å². The SMILES string of the molecule is C.C.C.C.CC(C)C.CCC.CCC(C)CC.CCCC.CCCCC. The summed E-state index contributed by atoms with van der Waals surface area (Å²) in [6, 6.07) is 0. The third-order valence-electron chi connectivity index (χ3n) is 2.60. The van der Waals surface area contributed by atoms with Gasteiger partial charge in [-0.2, -0.15) is 0 Å². The van der Waals surface area contributed by atoms with Gasteiger partial charge in [-0.15, -0.1) is 0 Å². The monoisotopic (exact) mass is 383 g/mol. The maximum atomic E-state index is 2.28. The van der Waals surface area contributed by atoms with Gasteiger partial charge in [0.25, 0.3) is 0 Å². The number of hydrogen-bond acceptors (Lipinski definition) is 0. The molecule has 0 atom stereocenters. The van der Waals surface area contributed by atoms with Gasteiger partial charge in [0.1, 0.15) is 0 Å². The maximum absolute atomic E-state index is 2.28. The van der Waals surface area contributed by atoms with E-state index in [0.29, 0.717) is 0 Å². The molecule has 0 N–H and O–H groups in total. The Morgan fingerprint density at radius 2 is 0.654 bits per heavy atom. The van der Waals surface area contributed by atoms with Crippen molar-refractivity contribution >= 4 is 0 Å². The van der Waals surface area contributed by atoms with Crippen molar-refractivity contribution in [2.45, 2.75) is 164 Å². The highest BCUT2D eigenvalue weighted by Gasteiger charge is 1.88. The van der Waals surface area contributed by atoms with Crippen LogP contribution < -0.4 is 0 Å². The first-order valence-electron chi connectivity index (χ1n) is 10.3. The molecule has 0 amide bonds. The number of rotatable bonds is 5. The Morgan fingerprint density at radius 1 is 0.462 bits per heavy atom. The summed E-state index contributed by atoms with van der Waals surface area (Å²) in [6.07, 6.45) is 10.6. The standard InChI is InChI=1S/C6H14.C5H12.2C4H10.C3H8.4CH4/c1-4-6(3)5-2;1-3-5-4-2;1-4(2)3;1-3-4-2;1-3-2;;;;/h6H,4-5H2,1-3H3;3-5H2,1-2H3;4H,1-3H3;3-4H2,1-2H3;3H2,1-2H3;4*1H4. The van der Waals surface area contributed by atoms with Crippen LogP contribution in [-0.2, 0) is 0 Å². The highest BCUT2D eigenvalue weighted by atomic mass is 13.9. The summed E-state index contributed by atoms with van der Waals surface area (Å²) in [7, 11) is 0. The Morgan fingerprint density at radius 3 is 0.654 bits per heavy atom. The zero-order valence-electron chi connectivity index (χ0n) is 18.8. The second-order valence-electron chi connectivity index (χ2n) is 6.71. The summed E-state index contributed by atoms with van der Waals surface area (Å²) in [4.78, 5) is 0. The van der Waals surface area contributed by atoms with Crippen LogP contribution in [0.2, 0.25) is 0 Å². The van der Waals surface area contributed by atoms with Crippen LogP contribution in [0, 0.1) is 11.8 Å². The molecule has 0 saturated carbocycles. The van der Waals surface area contributed by atoms with Crippen LogP contribution in [0.1, 0.15) is 164 Å². The Bertz CT molecular complexity index is 93.9. The van der Waals surface area contributed by atoms with Crippen molar-refractivity contribution in [3.05, 3.63) is 0 Å². The fourth-order valence-corrected chi connectivity index (χ4v) is 0.642. The van der Waals surface area contributed by atoms with Gasteiger partial charge in [-0.25, -0.2) is 0 Å². The molecule has 26 heavy (non-hydrogen) atoms. The van der Waals surface area contributed by atoms with Gasteiger partial charge < -0.3 is 0 Å². The van der Waals surface area contributed by atoms with Gasteiger partial charge in [0.2, 0.25) is 0 Å². The fourth-order valence-electron chi connectivity index (χ4n) is 0.642. The van der Waals surface area contributed by atoms with Crippen LogP contribution in [0.15, 0.2) is 0 Å². The molecule has 0 fully saturated rings. The molecule has 0 rings (SSSR count). The summed E-state index contributed by atoms with van der Waals surface area (Å²) in [5.74, 6) is 1.77. The Kier molecular flexibility index (Phi) is 159. The lowest BCUT2D eigenvalue weighted by Gasteiger charge is -1.98. The molecule has 0 aromatic heterocycles. The van der Waals surface area contributed by atoms with Crippen molar-refractivity contribution in [3.8, 4) is 0 Å². The minimum atomic E-state index is 0. The molecular formula is C26H70. The predicted molar refractivity (Wildman–Crippen MR) is 139 cm³/mol. The zero-order chi connectivity index (χ0) is 18.8. The number of unbranched alkanes of at least 4 members (excludes halogenated alkanes) is 3. The molecule has 0 unspecified atom stereocenters. The highest BCUT2D eigenvalue weighted by molar-refractivity contribution is 4.41. The first-order chi connectivity index (χ1) is 10.3. The van der Waals surface area contributed by atoms with Gasteiger partial charge in [0, 0.05) is 0 Å². The first kappa shape index (κ1) is 56.2. The average molecular weight is 383 g/mol. The summed E-state index contributed by atoms with van der Waals surface area (Å²) in [5.41, 5.74) is 0. The maximum Gasteiger partial charge on any atom is -0.0448 e. The molecule has 0 aliphatic rings. The van der Waals surface area contributed by atoms with Gasteiger partial charge in [-0.05, 0) is 11.8 Å². The van der Waals surface area contributed by atoms with E-state index in [1.165, 1.54) is 51.4 Å². The zero-order valence-corrected chi connectivity index (χ0v) is 18.8. The van der Waals surface area contributed by atoms with Crippen molar-refractivity contribution in [1.29, 1.82) is 0 Å². The van der Waals surface area contributed by atoms with E-state index in [1.807, 2.05) is 0 Å². The predicted octanol–water partition coefficient (Wildman–Crippen LogP) is 12.1. The molecule has 0 bridgehead atoms. The smallest absolute Gasteiger partial charge is 0.0448 e. The minimum Gasteiger partial charge on any atom is -0.0776 e. The summed E-state index contributed by atoms with van der Waals surface area (Å²) in [5, 5.41) is 0. The quantitative estimate of drug-likeness (QED) is 0.443. The van der Waals surface area contributed by atoms with E-state index >= 15 is 0 Å². The van der Waals surface area contributed by atoms with E-state index < -0.39 is 0 Å². The second-order valence-corrected chi connectivity index (χ2v) is 6.71. The van der Waals surface area contributed by atoms with Crippen molar-refractivity contribution in [2.24, 2.45) is 11.8 Å². The Balaban J connectivity index is -0.0000000194. The largest absolute Gasteiger partial charge is 0.0776 e. The van der Waals surface area contributed by atoms with Crippen LogP contribution in [0.4, 0.5) is 0 Å². The third-order valence-corrected chi connectivity index (χ3v) is 2.60. The molecule has 0 radical (unpaired) electrons. The lowest BCUT2D eigenvalue weighted by molar-refractivity contribution is 0.544. The topological polar surface area (TPSA) is 0 Å². The van der Waals surface area contributed by atoms with Crippen molar-refractivity contribution in [2.75, 3.05) is 0 Å². The molecule has 0 aliphatic heterocycles. The lowest BCUT2D eigenvalue weighted by Crippen LogP contribution is -1.85. The molecule has 0 aliphatic carbocycles. The van der Waals surface area contributed by atoms with Gasteiger partial charge in [-0.1, -0.05) is 164 Å². The normalized spacial score (nSPS) is 7.15. The summed E-state index contributed by atoms with van der Waals surface area (Å²) < 4.78 is 0. The first-order valence-corrected chi connectivity index (χ1v) is 10.3. The van der Waals surface area contributed by atoms with Crippen molar-refractivity contribution in [1.82, 2.24) is 0 Å². The molecule has 174 valence electrons. The summed E-state index contributed by atoms with van der Waals surface area (Å²) in [6.45, 7) is 26.3. The van der Waals surface area contributed by atoms with E-state index in [0.717, 1.165) is 11.8 Å². The van der Waals surface area contributed by atoms with E-state index in [4.69, 9.17) is 0 Å². The van der Waals surface area contributed by atoms with E-state index in [-0.39, 0.29) is 29.7 Å². The van der Waals surface area contributed by atoms with Crippen molar-refractivity contribution in [3.63, 3.8) is 0 Å². The minimum absolute atomic E-state index is 0. The van der Waals surface area contributed by atoms with Gasteiger partial charge in [-0.3, -0.25) is 0 Å². The highest BCUT2D eigenvalue weighted by Crippen LogP contribution is 2.02. The Labute approximate surface area is 176 Å². The van der Waals surface area contributed by atoms with Gasteiger partial charge in [0.05, 0.1) is 0 Å². The second kappa shape index (κ2) is 73.5. The van der Waals surface area contributed by atoms with Crippen LogP contribution in [0.5, 0.6) is 0 Å². The van der Waals surface area contributed by atoms with Gasteiger partial charge in [0.15, 0.2) is 0 Å². The number of hydrogen-bond donors (Lipinski definition) is 0. The molecule has 0 heterocycles. The van der Waals surface area contributed by atoms with E-state index in [9.17, 15) is 0 Å². The lowest BCUT2D eigenvalue weighted by atomic mass is 10.1. The molecule has 0 nitrogen and oxygen atoms in total. The average Bonchev–Trinajstić information content (AvgIpc) is 2.48. The Hall–Kier alpha value is 0. The third kappa shape index (κ3) is 259. The fraction of sp³-hybridized carbons (Fsp3) is 1.00.